The first-order chi connectivity index (χ1) is 18.0. The van der Waals surface area contributed by atoms with Gasteiger partial charge in [-0.25, -0.2) is 19.2 Å². The lowest BCUT2D eigenvalue weighted by molar-refractivity contribution is 0.194. The monoisotopic (exact) mass is 515 g/mol. The molecule has 2 aliphatic carbocycles. The molecule has 0 radical (unpaired) electrons. The molecule has 0 bridgehead atoms. The predicted molar refractivity (Wildman–Crippen MR) is 142 cm³/mol. The average Bonchev–Trinajstić information content (AvgIpc) is 3.64. The van der Waals surface area contributed by atoms with E-state index in [1.807, 2.05) is 11.7 Å². The molecule has 2 heterocycles. The van der Waals surface area contributed by atoms with Crippen molar-refractivity contribution in [2.45, 2.75) is 95.6 Å². The molecule has 2 aromatic heterocycles. The predicted octanol–water partition coefficient (Wildman–Crippen LogP) is 4.89. The number of nitrogens with one attached hydrogen (secondary N) is 3. The van der Waals surface area contributed by atoms with Gasteiger partial charge in [0.25, 0.3) is 0 Å². The van der Waals surface area contributed by atoms with E-state index in [9.17, 15) is 9.18 Å². The molecule has 0 aromatic carbocycles. The summed E-state index contributed by atoms with van der Waals surface area (Å²) in [5.41, 5.74) is 2.17. The van der Waals surface area contributed by atoms with E-state index in [0.717, 1.165) is 69.2 Å². The standard InChI is InChI=1S/C27H42FN7O2/c1-35-24(16-19-8-9-19)22(17-32-35)25-23(28)18-31-26(34-25)33-21-12-10-20(11-13-21)29-14-6-4-2-3-5-7-15-30-27(36)37/h17-21,29-30H,2-16H2,1H3,(H,36,37)(H,31,33,34). The number of unbranched alkanes of at least 4 members (excludes halogenated alkanes) is 5. The van der Waals surface area contributed by atoms with Gasteiger partial charge in [-0.05, 0) is 70.3 Å². The average molecular weight is 516 g/mol. The number of aromatic nitrogens is 4. The third-order valence-electron chi connectivity index (χ3n) is 7.61. The fourth-order valence-electron chi connectivity index (χ4n) is 5.21. The van der Waals surface area contributed by atoms with Crippen LogP contribution in [0.1, 0.15) is 82.7 Å². The van der Waals surface area contributed by atoms with E-state index in [-0.39, 0.29) is 0 Å². The summed E-state index contributed by atoms with van der Waals surface area (Å²) in [5.74, 6) is 0.770. The topological polar surface area (TPSA) is 117 Å². The quantitative estimate of drug-likeness (QED) is 0.250. The number of nitrogens with zero attached hydrogens (tertiary/aromatic N) is 4. The molecule has 2 fully saturated rings. The van der Waals surface area contributed by atoms with Crippen LogP contribution in [0.5, 0.6) is 0 Å². The molecule has 2 aliphatic rings. The molecule has 0 aliphatic heterocycles. The summed E-state index contributed by atoms with van der Waals surface area (Å²) in [5, 5.41) is 22.5. The highest BCUT2D eigenvalue weighted by atomic mass is 19.1. The van der Waals surface area contributed by atoms with Gasteiger partial charge in [0.15, 0.2) is 5.82 Å². The molecular formula is C27H42FN7O2. The van der Waals surface area contributed by atoms with Crippen LogP contribution in [0.2, 0.25) is 0 Å². The number of anilines is 1. The summed E-state index contributed by atoms with van der Waals surface area (Å²) < 4.78 is 16.5. The molecule has 4 rings (SSSR count). The lowest BCUT2D eigenvalue weighted by Gasteiger charge is -2.30. The molecule has 2 aromatic rings. The SMILES string of the molecule is Cn1ncc(-c2nc(NC3CCC(NCCCCCCCCNC(=O)O)CC3)ncc2F)c1CC1CC1. The number of carbonyl (C=O) groups is 1. The van der Waals surface area contributed by atoms with Crippen LogP contribution in [-0.2, 0) is 13.5 Å². The fraction of sp³-hybridized carbons (Fsp3) is 0.704. The van der Waals surface area contributed by atoms with Gasteiger partial charge in [-0.3, -0.25) is 4.68 Å². The van der Waals surface area contributed by atoms with Crippen LogP contribution in [-0.4, -0.2) is 56.1 Å². The van der Waals surface area contributed by atoms with E-state index in [0.29, 0.717) is 36.2 Å². The Morgan fingerprint density at radius 2 is 1.68 bits per heavy atom. The van der Waals surface area contributed by atoms with Gasteiger partial charge in [0.2, 0.25) is 5.95 Å². The molecule has 10 heteroatoms. The summed E-state index contributed by atoms with van der Waals surface area (Å²) in [6, 6.07) is 0.844. The van der Waals surface area contributed by atoms with E-state index in [2.05, 4.69) is 31.0 Å². The van der Waals surface area contributed by atoms with Crippen molar-refractivity contribution < 1.29 is 14.3 Å². The van der Waals surface area contributed by atoms with Crippen LogP contribution >= 0.6 is 0 Å². The minimum atomic E-state index is -0.938. The van der Waals surface area contributed by atoms with Crippen LogP contribution in [0.25, 0.3) is 11.3 Å². The van der Waals surface area contributed by atoms with Crippen LogP contribution < -0.4 is 16.0 Å². The van der Waals surface area contributed by atoms with Crippen molar-refractivity contribution in [3.8, 4) is 11.3 Å². The minimum absolute atomic E-state index is 0.298. The zero-order valence-electron chi connectivity index (χ0n) is 22.0. The van der Waals surface area contributed by atoms with E-state index >= 15 is 0 Å². The number of aryl methyl sites for hydroxylation is 1. The molecule has 2 saturated carbocycles. The number of amides is 1. The second-order valence-corrected chi connectivity index (χ2v) is 10.7. The Kier molecular flexibility index (Phi) is 10.1. The number of hydrogen-bond acceptors (Lipinski definition) is 6. The fourth-order valence-corrected chi connectivity index (χ4v) is 5.21. The van der Waals surface area contributed by atoms with Gasteiger partial charge in [-0.15, -0.1) is 0 Å². The normalized spacial score (nSPS) is 19.6. The molecule has 204 valence electrons. The number of carboxylic acid groups (broad SMARTS) is 1. The Hall–Kier alpha value is -2.75. The second-order valence-electron chi connectivity index (χ2n) is 10.7. The van der Waals surface area contributed by atoms with Crippen molar-refractivity contribution in [2.75, 3.05) is 18.4 Å². The Bertz CT molecular complexity index is 1000. The number of rotatable bonds is 15. The molecule has 0 spiro atoms. The van der Waals surface area contributed by atoms with Crippen LogP contribution in [0.4, 0.5) is 15.1 Å². The van der Waals surface area contributed by atoms with Crippen molar-refractivity contribution in [1.82, 2.24) is 30.4 Å². The van der Waals surface area contributed by atoms with Crippen LogP contribution in [0.15, 0.2) is 12.4 Å². The van der Waals surface area contributed by atoms with E-state index < -0.39 is 11.9 Å². The van der Waals surface area contributed by atoms with Gasteiger partial charge >= 0.3 is 6.09 Å². The Morgan fingerprint density at radius 3 is 2.38 bits per heavy atom. The highest BCUT2D eigenvalue weighted by molar-refractivity contribution is 5.64. The Labute approximate surface area is 219 Å². The molecule has 37 heavy (non-hydrogen) atoms. The summed E-state index contributed by atoms with van der Waals surface area (Å²) >= 11 is 0. The van der Waals surface area contributed by atoms with Crippen molar-refractivity contribution in [3.05, 3.63) is 23.9 Å². The lowest BCUT2D eigenvalue weighted by Crippen LogP contribution is -2.37. The smallest absolute Gasteiger partial charge is 0.404 e. The summed E-state index contributed by atoms with van der Waals surface area (Å²) in [4.78, 5) is 19.2. The number of hydrogen-bond donors (Lipinski definition) is 4. The highest BCUT2D eigenvalue weighted by Crippen LogP contribution is 2.36. The molecule has 0 saturated heterocycles. The first-order valence-corrected chi connectivity index (χ1v) is 14.0. The van der Waals surface area contributed by atoms with E-state index in [1.54, 1.807) is 6.20 Å². The molecule has 4 N–H and O–H groups in total. The molecule has 0 unspecified atom stereocenters. The maximum Gasteiger partial charge on any atom is 0.404 e. The summed E-state index contributed by atoms with van der Waals surface area (Å²) in [7, 11) is 1.91. The summed E-state index contributed by atoms with van der Waals surface area (Å²) in [6.45, 7) is 1.59. The van der Waals surface area contributed by atoms with Crippen LogP contribution in [0.3, 0.4) is 0 Å². The van der Waals surface area contributed by atoms with Crippen molar-refractivity contribution in [2.24, 2.45) is 13.0 Å². The Morgan fingerprint density at radius 1 is 1.00 bits per heavy atom. The minimum Gasteiger partial charge on any atom is -0.465 e. The maximum absolute atomic E-state index is 14.7. The van der Waals surface area contributed by atoms with Gasteiger partial charge in [0.1, 0.15) is 5.69 Å². The van der Waals surface area contributed by atoms with E-state index in [1.165, 1.54) is 38.3 Å². The van der Waals surface area contributed by atoms with Crippen molar-refractivity contribution in [3.63, 3.8) is 0 Å². The molecule has 9 nitrogen and oxygen atoms in total. The zero-order valence-corrected chi connectivity index (χ0v) is 22.0. The first-order valence-electron chi connectivity index (χ1n) is 14.0. The second kappa shape index (κ2) is 13.7. The van der Waals surface area contributed by atoms with Gasteiger partial charge < -0.3 is 21.1 Å². The molecule has 1 amide bonds. The third kappa shape index (κ3) is 8.66. The summed E-state index contributed by atoms with van der Waals surface area (Å²) in [6.07, 6.45) is 16.5. The van der Waals surface area contributed by atoms with Gasteiger partial charge in [0, 0.05) is 36.9 Å². The van der Waals surface area contributed by atoms with Crippen molar-refractivity contribution in [1.29, 1.82) is 0 Å². The molecule has 0 atom stereocenters. The lowest BCUT2D eigenvalue weighted by atomic mass is 9.91. The van der Waals surface area contributed by atoms with E-state index in [4.69, 9.17) is 5.11 Å². The largest absolute Gasteiger partial charge is 0.465 e. The zero-order chi connectivity index (χ0) is 26.0. The van der Waals surface area contributed by atoms with Gasteiger partial charge in [-0.2, -0.15) is 5.10 Å². The maximum atomic E-state index is 14.7. The highest BCUT2D eigenvalue weighted by Gasteiger charge is 2.27. The van der Waals surface area contributed by atoms with Gasteiger partial charge in [-0.1, -0.05) is 25.7 Å². The van der Waals surface area contributed by atoms with Gasteiger partial charge in [0.05, 0.1) is 12.4 Å². The first kappa shape index (κ1) is 27.3. The van der Waals surface area contributed by atoms with Crippen LogP contribution in [0, 0.1) is 11.7 Å². The molecular weight excluding hydrogens is 473 g/mol. The Balaban J connectivity index is 1.14. The van der Waals surface area contributed by atoms with Crippen molar-refractivity contribution >= 4 is 12.0 Å². The third-order valence-corrected chi connectivity index (χ3v) is 7.61. The number of halogens is 1.